The number of nitrogens with two attached hydrogens (primary N) is 1. The highest BCUT2D eigenvalue weighted by atomic mass is 32.1. The summed E-state index contributed by atoms with van der Waals surface area (Å²) in [6, 6.07) is 9.23. The van der Waals surface area contributed by atoms with Gasteiger partial charge in [-0.1, -0.05) is 30.3 Å². The average molecular weight is 373 g/mol. The normalized spacial score (nSPS) is 13.1. The number of carbonyl (C=O) groups excluding carboxylic acids is 2. The van der Waals surface area contributed by atoms with Gasteiger partial charge in [-0.25, -0.2) is 4.79 Å². The van der Waals surface area contributed by atoms with Crippen molar-refractivity contribution in [1.29, 1.82) is 0 Å². The zero-order chi connectivity index (χ0) is 18.5. The minimum absolute atomic E-state index is 0.135. The van der Waals surface area contributed by atoms with E-state index < -0.39 is 5.91 Å². The molecule has 6 nitrogen and oxygen atoms in total. The molecule has 4 N–H and O–H groups in total. The molecule has 26 heavy (non-hydrogen) atoms. The number of aryl methyl sites for hydroxylation is 1. The Hall–Kier alpha value is -2.38. The van der Waals surface area contributed by atoms with Crippen LogP contribution in [0.4, 0.5) is 9.80 Å². The predicted molar refractivity (Wildman–Crippen MR) is 102 cm³/mol. The van der Waals surface area contributed by atoms with E-state index in [1.165, 1.54) is 16.2 Å². The van der Waals surface area contributed by atoms with Crippen LogP contribution in [0.25, 0.3) is 0 Å². The Kier molecular flexibility index (Phi) is 5.90. The first-order valence-electron chi connectivity index (χ1n) is 8.75. The van der Waals surface area contributed by atoms with Gasteiger partial charge in [0.25, 0.3) is 5.91 Å². The maximum absolute atomic E-state index is 12.8. The number of anilines is 1. The number of aliphatic hydroxyl groups is 1. The zero-order valence-electron chi connectivity index (χ0n) is 14.5. The number of hydrogen-bond donors (Lipinski definition) is 3. The quantitative estimate of drug-likeness (QED) is 0.726. The summed E-state index contributed by atoms with van der Waals surface area (Å²) in [5.74, 6) is -0.503. The highest BCUT2D eigenvalue weighted by Crippen LogP contribution is 2.38. The Morgan fingerprint density at radius 3 is 2.62 bits per heavy atom. The third-order valence-corrected chi connectivity index (χ3v) is 5.72. The van der Waals surface area contributed by atoms with E-state index in [2.05, 4.69) is 5.32 Å². The average Bonchev–Trinajstić information content (AvgIpc) is 3.00. The van der Waals surface area contributed by atoms with Crippen molar-refractivity contribution in [3.05, 3.63) is 51.9 Å². The van der Waals surface area contributed by atoms with Crippen LogP contribution in [0.1, 0.15) is 39.2 Å². The number of hydrogen-bond acceptors (Lipinski definition) is 4. The maximum Gasteiger partial charge on any atom is 0.322 e. The van der Waals surface area contributed by atoms with Crippen LogP contribution < -0.4 is 11.1 Å². The molecule has 1 aromatic heterocycles. The van der Waals surface area contributed by atoms with Gasteiger partial charge < -0.3 is 15.7 Å². The molecule has 0 fully saturated rings. The van der Waals surface area contributed by atoms with Crippen LogP contribution in [-0.4, -0.2) is 35.1 Å². The van der Waals surface area contributed by atoms with E-state index in [-0.39, 0.29) is 19.2 Å². The number of fused-ring (bicyclic) bond motifs is 1. The smallest absolute Gasteiger partial charge is 0.322 e. The molecule has 1 aliphatic carbocycles. The molecule has 138 valence electrons. The molecule has 2 aromatic rings. The minimum Gasteiger partial charge on any atom is -0.395 e. The van der Waals surface area contributed by atoms with E-state index in [9.17, 15) is 14.7 Å². The van der Waals surface area contributed by atoms with Gasteiger partial charge in [0.15, 0.2) is 0 Å². The molecule has 1 heterocycles. The van der Waals surface area contributed by atoms with Gasteiger partial charge in [0, 0.05) is 18.0 Å². The number of thiophene rings is 1. The zero-order valence-corrected chi connectivity index (χ0v) is 15.3. The van der Waals surface area contributed by atoms with Gasteiger partial charge >= 0.3 is 6.03 Å². The lowest BCUT2D eigenvalue weighted by atomic mass is 9.95. The first-order chi connectivity index (χ1) is 12.6. The third-order valence-electron chi connectivity index (χ3n) is 4.51. The van der Waals surface area contributed by atoms with Crippen LogP contribution in [0.5, 0.6) is 0 Å². The van der Waals surface area contributed by atoms with Crippen molar-refractivity contribution >= 4 is 28.3 Å². The van der Waals surface area contributed by atoms with Crippen LogP contribution >= 0.6 is 11.3 Å². The fourth-order valence-electron chi connectivity index (χ4n) is 3.27. The summed E-state index contributed by atoms with van der Waals surface area (Å²) < 4.78 is 0. The number of nitrogens with zero attached hydrogens (tertiary/aromatic N) is 1. The van der Waals surface area contributed by atoms with Gasteiger partial charge in [0.2, 0.25) is 0 Å². The first-order valence-corrected chi connectivity index (χ1v) is 9.57. The fraction of sp³-hybridized carbons (Fsp3) is 0.368. The largest absolute Gasteiger partial charge is 0.395 e. The fourth-order valence-corrected chi connectivity index (χ4v) is 4.55. The second-order valence-electron chi connectivity index (χ2n) is 6.34. The molecule has 1 aromatic carbocycles. The minimum atomic E-state index is -0.503. The standard InChI is InChI=1S/C19H23N3O3S/c20-17(24)16-14-8-4-5-9-15(14)26-18(16)21-19(25)22(10-11-23)12-13-6-2-1-3-7-13/h1-3,6-7,23H,4-5,8-12H2,(H2,20,24)(H,21,25). The number of carbonyl (C=O) groups is 2. The van der Waals surface area contributed by atoms with E-state index in [0.717, 1.165) is 41.7 Å². The molecule has 0 saturated heterocycles. The Bertz CT molecular complexity index is 789. The van der Waals surface area contributed by atoms with Gasteiger partial charge in [-0.2, -0.15) is 0 Å². The van der Waals surface area contributed by atoms with Crippen LogP contribution in [0, 0.1) is 0 Å². The number of amides is 3. The summed E-state index contributed by atoms with van der Waals surface area (Å²) in [7, 11) is 0. The summed E-state index contributed by atoms with van der Waals surface area (Å²) in [6.07, 6.45) is 3.86. The second kappa shape index (κ2) is 8.33. The predicted octanol–water partition coefficient (Wildman–Crippen LogP) is 2.75. The molecule has 0 bridgehead atoms. The molecule has 0 atom stereocenters. The summed E-state index contributed by atoms with van der Waals surface area (Å²) in [6.45, 7) is 0.450. The van der Waals surface area contributed by atoms with Crippen molar-refractivity contribution in [1.82, 2.24) is 4.90 Å². The third kappa shape index (κ3) is 4.05. The molecule has 7 heteroatoms. The first kappa shape index (κ1) is 18.4. The van der Waals surface area contributed by atoms with Crippen molar-refractivity contribution in [3.8, 4) is 0 Å². The lowest BCUT2D eigenvalue weighted by Gasteiger charge is -2.22. The summed E-state index contributed by atoms with van der Waals surface area (Å²) >= 11 is 1.44. The Morgan fingerprint density at radius 2 is 1.92 bits per heavy atom. The molecule has 0 spiro atoms. The molecule has 3 amide bonds. The number of benzene rings is 1. The van der Waals surface area contributed by atoms with Gasteiger partial charge in [0.05, 0.1) is 12.2 Å². The lowest BCUT2D eigenvalue weighted by Crippen LogP contribution is -2.36. The van der Waals surface area contributed by atoms with E-state index in [0.29, 0.717) is 17.1 Å². The van der Waals surface area contributed by atoms with E-state index in [4.69, 9.17) is 5.73 Å². The maximum atomic E-state index is 12.8. The molecule has 0 unspecified atom stereocenters. The molecule has 0 saturated carbocycles. The van der Waals surface area contributed by atoms with Gasteiger partial charge in [-0.3, -0.25) is 10.1 Å². The molecule has 1 aliphatic rings. The van der Waals surface area contributed by atoms with E-state index in [1.807, 2.05) is 30.3 Å². The Morgan fingerprint density at radius 1 is 1.19 bits per heavy atom. The van der Waals surface area contributed by atoms with Crippen LogP contribution in [-0.2, 0) is 19.4 Å². The van der Waals surface area contributed by atoms with Crippen molar-refractivity contribution < 1.29 is 14.7 Å². The number of primary amides is 1. The highest BCUT2D eigenvalue weighted by molar-refractivity contribution is 7.17. The van der Waals surface area contributed by atoms with Gasteiger partial charge in [-0.05, 0) is 36.8 Å². The number of nitrogens with one attached hydrogen (secondary N) is 1. The van der Waals surface area contributed by atoms with E-state index in [1.54, 1.807) is 0 Å². The molecule has 3 rings (SSSR count). The van der Waals surface area contributed by atoms with Gasteiger partial charge in [0.1, 0.15) is 5.00 Å². The number of aliphatic hydroxyl groups excluding tert-OH is 1. The van der Waals surface area contributed by atoms with Crippen LogP contribution in [0.2, 0.25) is 0 Å². The van der Waals surface area contributed by atoms with Crippen molar-refractivity contribution in [2.75, 3.05) is 18.5 Å². The van der Waals surface area contributed by atoms with Crippen LogP contribution in [0.3, 0.4) is 0 Å². The van der Waals surface area contributed by atoms with Crippen molar-refractivity contribution in [3.63, 3.8) is 0 Å². The van der Waals surface area contributed by atoms with Gasteiger partial charge in [-0.15, -0.1) is 11.3 Å². The highest BCUT2D eigenvalue weighted by Gasteiger charge is 2.26. The molecule has 0 aliphatic heterocycles. The molecular weight excluding hydrogens is 350 g/mol. The van der Waals surface area contributed by atoms with Crippen molar-refractivity contribution in [2.24, 2.45) is 5.73 Å². The lowest BCUT2D eigenvalue weighted by molar-refractivity contribution is 0.100. The topological polar surface area (TPSA) is 95.7 Å². The Labute approximate surface area is 156 Å². The summed E-state index contributed by atoms with van der Waals surface area (Å²) in [4.78, 5) is 27.4. The molecular formula is C19H23N3O3S. The molecule has 0 radical (unpaired) electrons. The SMILES string of the molecule is NC(=O)c1c(NC(=O)N(CCO)Cc2ccccc2)sc2c1CCCC2. The van der Waals surface area contributed by atoms with Crippen LogP contribution in [0.15, 0.2) is 30.3 Å². The summed E-state index contributed by atoms with van der Waals surface area (Å²) in [5.41, 5.74) is 7.98. The summed E-state index contributed by atoms with van der Waals surface area (Å²) in [5, 5.41) is 12.7. The van der Waals surface area contributed by atoms with E-state index >= 15 is 0 Å². The van der Waals surface area contributed by atoms with Crippen molar-refractivity contribution in [2.45, 2.75) is 32.2 Å². The number of rotatable bonds is 6. The Balaban J connectivity index is 1.81. The number of urea groups is 1. The second-order valence-corrected chi connectivity index (χ2v) is 7.45. The monoisotopic (exact) mass is 373 g/mol.